The van der Waals surface area contributed by atoms with Gasteiger partial charge >= 0.3 is 24.0 Å². The fraction of sp³-hybridized carbons (Fsp3) is 0.596. The minimum absolute atomic E-state index is 0.0112. The summed E-state index contributed by atoms with van der Waals surface area (Å²) in [4.78, 5) is 92.9. The molecule has 4 saturated carbocycles. The van der Waals surface area contributed by atoms with E-state index in [9.17, 15) is 43.8 Å². The van der Waals surface area contributed by atoms with E-state index in [1.165, 1.54) is 36.4 Å². The van der Waals surface area contributed by atoms with Crippen molar-refractivity contribution >= 4 is 52.2 Å². The summed E-state index contributed by atoms with van der Waals surface area (Å²) in [5.74, 6) is -6.50. The molecular weight excluding hydrogens is 883 g/mol. The summed E-state index contributed by atoms with van der Waals surface area (Å²) >= 11 is 0. The maximum Gasteiger partial charge on any atom is 0.413 e. The highest BCUT2D eigenvalue weighted by Crippen LogP contribution is 2.69. The summed E-state index contributed by atoms with van der Waals surface area (Å²) in [6, 6.07) is -1.01. The largest absolute Gasteiger partial charge is 0.492 e. The van der Waals surface area contributed by atoms with Crippen LogP contribution in [0.5, 0.6) is 5.75 Å². The van der Waals surface area contributed by atoms with E-state index in [-0.39, 0.29) is 85.9 Å². The molecule has 9 atom stereocenters. The summed E-state index contributed by atoms with van der Waals surface area (Å²) in [7, 11) is 1.32. The lowest BCUT2D eigenvalue weighted by atomic mass is 9.44. The average Bonchev–Trinajstić information content (AvgIpc) is 4.09. The third-order valence-electron chi connectivity index (χ3n) is 15.7. The number of ketones is 2. The van der Waals surface area contributed by atoms with Gasteiger partial charge in [-0.3, -0.25) is 24.0 Å². The molecule has 8 rings (SSSR count). The Kier molecular flexibility index (Phi) is 12.4. The van der Waals surface area contributed by atoms with Gasteiger partial charge in [0.1, 0.15) is 22.9 Å². The topological polar surface area (TPSA) is 255 Å². The fourth-order valence-electron chi connectivity index (χ4n) is 11.8. The third-order valence-corrected chi connectivity index (χ3v) is 15.7. The SMILES string of the molecule is COc1c(N2CCN(C(=O)OCOC(=O)CCC(N)C(=O)O)C(C)C2)c(F)cc2c(=O)c(C(=O)OCC(=O)[C@@]3(O)CC[C@H]4[C@@H]5CCC6=CC(=O)C=C[C@]6(C)[C@@]5(F)[C@@H](O)C[C@@]43C)cn(C3CC3)c12. The van der Waals surface area contributed by atoms with Crippen molar-refractivity contribution in [2.75, 3.05) is 45.0 Å². The van der Waals surface area contributed by atoms with Crippen LogP contribution >= 0.6 is 0 Å². The van der Waals surface area contributed by atoms with Crippen LogP contribution in [-0.2, 0) is 33.4 Å². The zero-order valence-electron chi connectivity index (χ0n) is 37.8. The molecule has 5 fully saturated rings. The molecule has 1 amide bonds. The van der Waals surface area contributed by atoms with Crippen LogP contribution in [0.4, 0.5) is 19.3 Å². The fourth-order valence-corrected chi connectivity index (χ4v) is 11.8. The summed E-state index contributed by atoms with van der Waals surface area (Å²) in [6.07, 6.45) is 4.62. The Morgan fingerprint density at radius 1 is 1.03 bits per heavy atom. The van der Waals surface area contributed by atoms with E-state index in [2.05, 4.69) is 0 Å². The predicted octanol–water partition coefficient (Wildman–Crippen LogP) is 3.65. The zero-order valence-corrected chi connectivity index (χ0v) is 37.8. The molecule has 1 saturated heterocycles. The van der Waals surface area contributed by atoms with Crippen molar-refractivity contribution in [1.29, 1.82) is 0 Å². The highest BCUT2D eigenvalue weighted by atomic mass is 19.1. The van der Waals surface area contributed by atoms with Gasteiger partial charge in [0.25, 0.3) is 0 Å². The van der Waals surface area contributed by atoms with Crippen molar-refractivity contribution in [2.45, 2.75) is 114 Å². The van der Waals surface area contributed by atoms with E-state index < -0.39 is 112 Å². The maximum absolute atomic E-state index is 17.6. The van der Waals surface area contributed by atoms with Gasteiger partial charge in [-0.2, -0.15) is 0 Å². The zero-order chi connectivity index (χ0) is 48.5. The Morgan fingerprint density at radius 2 is 1.76 bits per heavy atom. The lowest BCUT2D eigenvalue weighted by molar-refractivity contribution is -0.217. The molecule has 18 nitrogen and oxygen atoms in total. The Hall–Kier alpha value is -5.73. The van der Waals surface area contributed by atoms with Crippen LogP contribution in [0.1, 0.15) is 95.0 Å². The van der Waals surface area contributed by atoms with Crippen LogP contribution in [0.3, 0.4) is 0 Å². The Labute approximate surface area is 383 Å². The van der Waals surface area contributed by atoms with Crippen LogP contribution in [0.25, 0.3) is 10.9 Å². The molecule has 1 aliphatic heterocycles. The number of aromatic nitrogens is 1. The number of nitrogens with zero attached hydrogens (tertiary/aromatic N) is 3. The molecule has 5 N–H and O–H groups in total. The van der Waals surface area contributed by atoms with Gasteiger partial charge in [-0.1, -0.05) is 18.6 Å². The third kappa shape index (κ3) is 7.77. The summed E-state index contributed by atoms with van der Waals surface area (Å²) < 4.78 is 56.8. The second-order valence-corrected chi connectivity index (χ2v) is 19.3. The number of esters is 2. The number of Topliss-reactive ketones (excluding diaryl/α,β-unsaturated/α-hetero) is 1. The molecule has 1 aromatic carbocycles. The van der Waals surface area contributed by atoms with E-state index in [1.807, 2.05) is 0 Å². The van der Waals surface area contributed by atoms with Crippen LogP contribution in [0, 0.1) is 28.5 Å². The summed E-state index contributed by atoms with van der Waals surface area (Å²) in [5.41, 5.74) is -1.99. The smallest absolute Gasteiger partial charge is 0.413 e. The number of carbonyl (C=O) groups excluding carboxylic acids is 5. The number of alkyl halides is 1. The molecule has 2 aromatic rings. The number of carbonyl (C=O) groups is 6. The molecule has 0 bridgehead atoms. The molecule has 0 spiro atoms. The molecular formula is C47H56F2N4O14. The molecule has 0 radical (unpaired) electrons. The number of carboxylic acids is 1. The molecule has 2 unspecified atom stereocenters. The number of carboxylic acid groups (broad SMARTS) is 1. The lowest BCUT2D eigenvalue weighted by Crippen LogP contribution is -2.69. The molecule has 67 heavy (non-hydrogen) atoms. The van der Waals surface area contributed by atoms with Crippen LogP contribution in [0.2, 0.25) is 0 Å². The number of allylic oxidation sites excluding steroid dienone is 4. The molecule has 5 aliphatic carbocycles. The Morgan fingerprint density at radius 3 is 2.43 bits per heavy atom. The molecule has 2 heterocycles. The van der Waals surface area contributed by atoms with Gasteiger partial charge in [0.05, 0.1) is 24.1 Å². The van der Waals surface area contributed by atoms with E-state index in [0.29, 0.717) is 31.3 Å². The van der Waals surface area contributed by atoms with Gasteiger partial charge in [-0.15, -0.1) is 0 Å². The van der Waals surface area contributed by atoms with Gasteiger partial charge in [-0.25, -0.2) is 18.4 Å². The van der Waals surface area contributed by atoms with E-state index in [4.69, 9.17) is 29.8 Å². The number of aliphatic carboxylic acids is 1. The number of aliphatic hydroxyl groups excluding tert-OH is 1. The first kappa shape index (κ1) is 47.8. The van der Waals surface area contributed by atoms with Crippen molar-refractivity contribution in [1.82, 2.24) is 9.47 Å². The highest BCUT2D eigenvalue weighted by Gasteiger charge is 2.74. The number of rotatable bonds is 13. The minimum atomic E-state index is -2.17. The van der Waals surface area contributed by atoms with E-state index >= 15 is 8.78 Å². The number of methoxy groups -OCH3 is 1. The monoisotopic (exact) mass is 938 g/mol. The number of halogens is 2. The van der Waals surface area contributed by atoms with Crippen molar-refractivity contribution < 1.29 is 71.8 Å². The normalized spacial score (nSPS) is 31.5. The first-order valence-electron chi connectivity index (χ1n) is 22.6. The number of nitrogens with two attached hydrogens (primary N) is 1. The number of hydrogen-bond acceptors (Lipinski definition) is 15. The van der Waals surface area contributed by atoms with Crippen LogP contribution < -0.4 is 20.8 Å². The maximum atomic E-state index is 17.6. The average molecular weight is 939 g/mol. The minimum Gasteiger partial charge on any atom is -0.492 e. The summed E-state index contributed by atoms with van der Waals surface area (Å²) in [5, 5.41) is 32.5. The number of pyridine rings is 1. The lowest BCUT2D eigenvalue weighted by Gasteiger charge is -2.62. The Balaban J connectivity index is 0.966. The number of fused-ring (bicyclic) bond motifs is 6. The van der Waals surface area contributed by atoms with Gasteiger partial charge in [-0.05, 0) is 89.4 Å². The number of aliphatic hydroxyl groups is 2. The molecule has 20 heteroatoms. The highest BCUT2D eigenvalue weighted by molar-refractivity contribution is 6.01. The summed E-state index contributed by atoms with van der Waals surface area (Å²) in [6.45, 7) is 3.60. The number of hydrogen-bond donors (Lipinski definition) is 4. The van der Waals surface area contributed by atoms with Crippen molar-refractivity contribution in [3.8, 4) is 5.75 Å². The van der Waals surface area contributed by atoms with Crippen molar-refractivity contribution in [2.24, 2.45) is 28.4 Å². The quantitative estimate of drug-likeness (QED) is 0.165. The first-order valence-corrected chi connectivity index (χ1v) is 22.6. The first-order chi connectivity index (χ1) is 31.6. The molecule has 362 valence electrons. The standard InChI is InChI=1S/C47H56F2N4O14/c1-24-20-51(15-16-52(24)43(62)67-23-66-36(57)10-9-33(50)41(59)60)38-32(48)18-28-37(40(38)64-4)53(26-6-7-26)21-29(39(28)58)42(61)65-22-35(56)46(63)14-12-30-31-8-5-25-17-27(54)11-13-44(25,2)47(31,49)34(55)19-45(30,46)3/h11,13,17-18,21,24,26,30-31,33-34,55,63H,5-10,12,14-16,19-20,22-23,50H2,1-4H3,(H,59,60)/t24?,30-,31-,33?,34-,44-,45-,46-,47-/m0/s1. The van der Waals surface area contributed by atoms with Crippen LogP contribution in [0.15, 0.2) is 40.9 Å². The van der Waals surface area contributed by atoms with E-state index in [0.717, 1.165) is 6.07 Å². The predicted molar refractivity (Wildman–Crippen MR) is 232 cm³/mol. The second-order valence-electron chi connectivity index (χ2n) is 19.3. The molecule has 6 aliphatic rings. The Bertz CT molecular complexity index is 2560. The van der Waals surface area contributed by atoms with Gasteiger partial charge in [0.2, 0.25) is 18.0 Å². The van der Waals surface area contributed by atoms with Crippen LogP contribution in [-0.4, -0.2) is 130 Å². The van der Waals surface area contributed by atoms with Crippen molar-refractivity contribution in [3.63, 3.8) is 0 Å². The van der Waals surface area contributed by atoms with E-state index in [1.54, 1.807) is 30.2 Å². The number of benzene rings is 1. The van der Waals surface area contributed by atoms with Gasteiger partial charge in [0.15, 0.2) is 29.6 Å². The number of ether oxygens (including phenoxy) is 4. The number of anilines is 1. The van der Waals surface area contributed by atoms with Gasteiger partial charge < -0.3 is 54.4 Å². The number of piperazine rings is 1. The second kappa shape index (κ2) is 17.4. The van der Waals surface area contributed by atoms with Crippen molar-refractivity contribution in [3.05, 3.63) is 57.7 Å². The number of amides is 1. The molecule has 1 aromatic heterocycles. The van der Waals surface area contributed by atoms with Gasteiger partial charge in [0, 0.05) is 61.1 Å².